The third-order valence-corrected chi connectivity index (χ3v) is 5.14. The van der Waals surface area contributed by atoms with Gasteiger partial charge in [-0.3, -0.25) is 0 Å². The molecule has 0 heterocycles. The third-order valence-electron chi connectivity index (χ3n) is 5.14. The van der Waals surface area contributed by atoms with Crippen LogP contribution in [0.4, 0.5) is 0 Å². The molecule has 0 saturated heterocycles. The zero-order chi connectivity index (χ0) is 11.9. The highest BCUT2D eigenvalue weighted by molar-refractivity contribution is 5.23. The molecule has 1 N–H and O–H groups in total. The Labute approximate surface area is 104 Å². The average molecular weight is 230 g/mol. The lowest BCUT2D eigenvalue weighted by Crippen LogP contribution is -2.30. The fourth-order valence-electron chi connectivity index (χ4n) is 4.03. The summed E-state index contributed by atoms with van der Waals surface area (Å²) in [5, 5.41) is 10.8. The van der Waals surface area contributed by atoms with E-state index in [-0.39, 0.29) is 0 Å². The molecule has 1 nitrogen and oxygen atoms in total. The lowest BCUT2D eigenvalue weighted by Gasteiger charge is -2.31. The zero-order valence-electron chi connectivity index (χ0n) is 10.6. The third kappa shape index (κ3) is 1.91. The molecule has 2 saturated carbocycles. The second kappa shape index (κ2) is 4.13. The van der Waals surface area contributed by atoms with Gasteiger partial charge >= 0.3 is 0 Å². The first kappa shape index (κ1) is 11.3. The lowest BCUT2D eigenvalue weighted by atomic mass is 9.80. The van der Waals surface area contributed by atoms with Gasteiger partial charge in [-0.25, -0.2) is 0 Å². The van der Waals surface area contributed by atoms with Crippen molar-refractivity contribution < 1.29 is 5.11 Å². The van der Waals surface area contributed by atoms with Gasteiger partial charge in [-0.15, -0.1) is 0 Å². The second-order valence-corrected chi connectivity index (χ2v) is 6.13. The summed E-state index contributed by atoms with van der Waals surface area (Å²) in [5.74, 6) is 2.26. The molecule has 0 bridgehead atoms. The fourth-order valence-corrected chi connectivity index (χ4v) is 4.03. The Balaban J connectivity index is 1.80. The van der Waals surface area contributed by atoms with Crippen LogP contribution >= 0.6 is 0 Å². The van der Waals surface area contributed by atoms with E-state index in [0.717, 1.165) is 17.4 Å². The molecule has 1 unspecified atom stereocenters. The summed E-state index contributed by atoms with van der Waals surface area (Å²) < 4.78 is 0. The van der Waals surface area contributed by atoms with Crippen LogP contribution in [0.15, 0.2) is 30.3 Å². The van der Waals surface area contributed by atoms with E-state index in [4.69, 9.17) is 0 Å². The lowest BCUT2D eigenvalue weighted by molar-refractivity contribution is -0.00680. The molecule has 4 atom stereocenters. The highest BCUT2D eigenvalue weighted by atomic mass is 16.3. The average Bonchev–Trinajstić information content (AvgIpc) is 2.90. The van der Waals surface area contributed by atoms with E-state index >= 15 is 0 Å². The molecule has 17 heavy (non-hydrogen) atoms. The van der Waals surface area contributed by atoms with Crippen molar-refractivity contribution in [3.05, 3.63) is 35.9 Å². The monoisotopic (exact) mass is 230 g/mol. The first-order valence-electron chi connectivity index (χ1n) is 6.96. The van der Waals surface area contributed by atoms with Crippen molar-refractivity contribution in [1.29, 1.82) is 0 Å². The van der Waals surface area contributed by atoms with Crippen LogP contribution < -0.4 is 0 Å². The van der Waals surface area contributed by atoms with E-state index in [2.05, 4.69) is 12.1 Å². The minimum atomic E-state index is -0.633. The molecule has 2 aliphatic rings. The van der Waals surface area contributed by atoms with E-state index in [1.807, 2.05) is 25.1 Å². The highest BCUT2D eigenvalue weighted by Crippen LogP contribution is 2.52. The van der Waals surface area contributed by atoms with Crippen LogP contribution in [0.25, 0.3) is 0 Å². The minimum absolute atomic E-state index is 0.459. The molecule has 0 amide bonds. The van der Waals surface area contributed by atoms with E-state index in [0.29, 0.717) is 5.92 Å². The van der Waals surface area contributed by atoms with Crippen LogP contribution in [0.3, 0.4) is 0 Å². The fraction of sp³-hybridized carbons (Fsp3) is 0.625. The Hall–Kier alpha value is -0.820. The summed E-state index contributed by atoms with van der Waals surface area (Å²) in [5.41, 5.74) is 0.455. The number of rotatable bonds is 2. The van der Waals surface area contributed by atoms with Crippen LogP contribution in [0, 0.1) is 17.8 Å². The van der Waals surface area contributed by atoms with Gasteiger partial charge < -0.3 is 5.11 Å². The molecule has 0 spiro atoms. The quantitative estimate of drug-likeness (QED) is 0.821. The number of hydrogen-bond acceptors (Lipinski definition) is 1. The summed E-state index contributed by atoms with van der Waals surface area (Å²) in [7, 11) is 0. The molecular formula is C16H22O. The minimum Gasteiger partial charge on any atom is -0.385 e. The van der Waals surface area contributed by atoms with Gasteiger partial charge in [0.2, 0.25) is 0 Å². The van der Waals surface area contributed by atoms with Crippen molar-refractivity contribution in [1.82, 2.24) is 0 Å². The standard InChI is InChI=1S/C16H22O/c1-16(17,14-8-3-2-4-9-14)15-10-12-6-5-7-13(12)11-15/h2-4,8-9,12-13,15,17H,5-7,10-11H2,1H3/t12-,13+,15?,16-/m1/s1. The maximum atomic E-state index is 10.8. The Morgan fingerprint density at radius 2 is 1.65 bits per heavy atom. The van der Waals surface area contributed by atoms with Gasteiger partial charge in [0, 0.05) is 0 Å². The number of aliphatic hydroxyl groups is 1. The first-order valence-corrected chi connectivity index (χ1v) is 6.96. The maximum absolute atomic E-state index is 10.8. The molecule has 92 valence electrons. The van der Waals surface area contributed by atoms with Crippen molar-refractivity contribution in [3.8, 4) is 0 Å². The number of hydrogen-bond donors (Lipinski definition) is 1. The van der Waals surface area contributed by atoms with Crippen LogP contribution in [-0.4, -0.2) is 5.11 Å². The molecule has 1 aromatic carbocycles. The van der Waals surface area contributed by atoms with Crippen molar-refractivity contribution in [2.24, 2.45) is 17.8 Å². The Bertz CT molecular complexity index is 370. The molecule has 1 aromatic rings. The highest BCUT2D eigenvalue weighted by Gasteiger charge is 2.45. The Morgan fingerprint density at radius 3 is 2.24 bits per heavy atom. The van der Waals surface area contributed by atoms with E-state index < -0.39 is 5.60 Å². The predicted molar refractivity (Wildman–Crippen MR) is 69.6 cm³/mol. The zero-order valence-corrected chi connectivity index (χ0v) is 10.6. The largest absolute Gasteiger partial charge is 0.385 e. The van der Waals surface area contributed by atoms with Gasteiger partial charge in [-0.1, -0.05) is 49.6 Å². The normalized spacial score (nSPS) is 35.5. The maximum Gasteiger partial charge on any atom is 0.0896 e. The first-order chi connectivity index (χ1) is 8.18. The van der Waals surface area contributed by atoms with E-state index in [9.17, 15) is 5.11 Å². The smallest absolute Gasteiger partial charge is 0.0896 e. The van der Waals surface area contributed by atoms with Crippen molar-refractivity contribution in [2.45, 2.75) is 44.6 Å². The number of fused-ring (bicyclic) bond motifs is 1. The van der Waals surface area contributed by atoms with Crippen molar-refractivity contribution in [2.75, 3.05) is 0 Å². The predicted octanol–water partition coefficient (Wildman–Crippen LogP) is 3.72. The van der Waals surface area contributed by atoms with Gasteiger partial charge in [0.15, 0.2) is 0 Å². The summed E-state index contributed by atoms with van der Waals surface area (Å²) in [4.78, 5) is 0. The van der Waals surface area contributed by atoms with Gasteiger partial charge in [0.1, 0.15) is 0 Å². The van der Waals surface area contributed by atoms with E-state index in [1.54, 1.807) is 0 Å². The van der Waals surface area contributed by atoms with Crippen molar-refractivity contribution >= 4 is 0 Å². The summed E-state index contributed by atoms with van der Waals surface area (Å²) in [6.07, 6.45) is 6.66. The molecule has 0 aromatic heterocycles. The molecule has 1 heteroatoms. The molecule has 0 aliphatic heterocycles. The van der Waals surface area contributed by atoms with Gasteiger partial charge in [0.25, 0.3) is 0 Å². The van der Waals surface area contributed by atoms with Crippen LogP contribution in [0.1, 0.15) is 44.6 Å². The molecular weight excluding hydrogens is 208 g/mol. The summed E-state index contributed by atoms with van der Waals surface area (Å²) in [6, 6.07) is 10.2. The number of benzene rings is 1. The molecule has 2 fully saturated rings. The van der Waals surface area contributed by atoms with Crippen LogP contribution in [0.2, 0.25) is 0 Å². The molecule has 0 radical (unpaired) electrons. The summed E-state index contributed by atoms with van der Waals surface area (Å²) in [6.45, 7) is 2.01. The Kier molecular flexibility index (Phi) is 2.74. The van der Waals surface area contributed by atoms with Gasteiger partial charge in [-0.05, 0) is 43.1 Å². The van der Waals surface area contributed by atoms with Crippen LogP contribution in [-0.2, 0) is 5.60 Å². The molecule has 2 aliphatic carbocycles. The molecule has 3 rings (SSSR count). The SMILES string of the molecule is C[C@@](O)(c1ccccc1)C1C[C@H]2CCC[C@H]2C1. The topological polar surface area (TPSA) is 20.2 Å². The van der Waals surface area contributed by atoms with Crippen LogP contribution in [0.5, 0.6) is 0 Å². The Morgan fingerprint density at radius 1 is 1.06 bits per heavy atom. The second-order valence-electron chi connectivity index (χ2n) is 6.13. The van der Waals surface area contributed by atoms with E-state index in [1.165, 1.54) is 32.1 Å². The summed E-state index contributed by atoms with van der Waals surface area (Å²) >= 11 is 0. The van der Waals surface area contributed by atoms with Crippen molar-refractivity contribution in [3.63, 3.8) is 0 Å². The van der Waals surface area contributed by atoms with Gasteiger partial charge in [0.05, 0.1) is 5.60 Å². The van der Waals surface area contributed by atoms with Gasteiger partial charge in [-0.2, -0.15) is 0 Å².